The maximum Gasteiger partial charge on any atom is 0.490 e. The first kappa shape index (κ1) is 39.8. The highest BCUT2D eigenvalue weighted by Crippen LogP contribution is 2.29. The summed E-state index contributed by atoms with van der Waals surface area (Å²) >= 11 is 6.01. The number of nitrogens with one attached hydrogen (secondary N) is 1. The van der Waals surface area contributed by atoms with Crippen molar-refractivity contribution in [3.63, 3.8) is 0 Å². The summed E-state index contributed by atoms with van der Waals surface area (Å²) in [6.45, 7) is 3.69. The molecule has 0 atom stereocenters. The molecule has 0 aliphatic carbocycles. The van der Waals surface area contributed by atoms with Crippen molar-refractivity contribution in [2.45, 2.75) is 18.5 Å². The molecule has 12 nitrogen and oxygen atoms in total. The Balaban J connectivity index is 0.000000325. The average molecular weight is 733 g/mol. The van der Waals surface area contributed by atoms with Crippen LogP contribution in [-0.2, 0) is 14.4 Å². The van der Waals surface area contributed by atoms with E-state index >= 15 is 0 Å². The number of hydrogen-bond acceptors (Lipinski definition) is 8. The lowest BCUT2D eigenvalue weighted by Gasteiger charge is -2.37. The minimum absolute atomic E-state index is 0.767. The van der Waals surface area contributed by atoms with Gasteiger partial charge in [-0.3, -0.25) is 5.10 Å². The summed E-state index contributed by atoms with van der Waals surface area (Å²) in [6.07, 6.45) is -9.87. The SMILES string of the molecule is Clc1ccc(N2CCN(c3ncnc4ccc(-c5cn[nH]c5)cc34)CC2)cc1.O=C(O)C(F)(F)F.O=C(O)C(F)(F)F.O=C(O)C(F)(F)F. The maximum atomic E-state index is 10.6. The van der Waals surface area contributed by atoms with Crippen LogP contribution in [0, 0.1) is 0 Å². The Kier molecular flexibility index (Phi) is 13.5. The Morgan fingerprint density at radius 2 is 1.16 bits per heavy atom. The molecule has 0 spiro atoms. The molecule has 1 aliphatic heterocycles. The molecular formula is C27H22ClF9N6O6. The van der Waals surface area contributed by atoms with E-state index in [1.54, 1.807) is 6.33 Å². The normalized spacial score (nSPS) is 13.2. The molecule has 4 aromatic rings. The lowest BCUT2D eigenvalue weighted by atomic mass is 10.1. The fourth-order valence-electron chi connectivity index (χ4n) is 3.71. The lowest BCUT2D eigenvalue weighted by molar-refractivity contribution is -0.193. The zero-order valence-electron chi connectivity index (χ0n) is 24.2. The van der Waals surface area contributed by atoms with Gasteiger partial charge in [-0.1, -0.05) is 17.7 Å². The number of nitrogens with zero attached hydrogens (tertiary/aromatic N) is 5. The van der Waals surface area contributed by atoms with Crippen LogP contribution in [0.15, 0.2) is 61.2 Å². The molecule has 0 bridgehead atoms. The van der Waals surface area contributed by atoms with E-state index in [1.165, 1.54) is 5.69 Å². The highest BCUT2D eigenvalue weighted by molar-refractivity contribution is 6.30. The molecule has 1 saturated heterocycles. The first-order chi connectivity index (χ1) is 22.6. The van der Waals surface area contributed by atoms with Crippen LogP contribution in [0.3, 0.4) is 0 Å². The number of carboxylic acid groups (broad SMARTS) is 3. The molecule has 2 aromatic carbocycles. The first-order valence-corrected chi connectivity index (χ1v) is 13.4. The van der Waals surface area contributed by atoms with Crippen LogP contribution in [0.25, 0.3) is 22.0 Å². The molecular weight excluding hydrogens is 711 g/mol. The third kappa shape index (κ3) is 12.7. The van der Waals surface area contributed by atoms with E-state index in [4.69, 9.17) is 41.3 Å². The van der Waals surface area contributed by atoms with Crippen LogP contribution in [0.5, 0.6) is 0 Å². The lowest BCUT2D eigenvalue weighted by Crippen LogP contribution is -2.46. The van der Waals surface area contributed by atoms with Gasteiger partial charge in [-0.25, -0.2) is 24.4 Å². The molecule has 49 heavy (non-hydrogen) atoms. The van der Waals surface area contributed by atoms with Gasteiger partial charge in [0.05, 0.1) is 11.7 Å². The van der Waals surface area contributed by atoms with E-state index in [1.807, 2.05) is 30.6 Å². The molecule has 0 amide bonds. The molecule has 2 aromatic heterocycles. The topological polar surface area (TPSA) is 173 Å². The summed E-state index contributed by atoms with van der Waals surface area (Å²) in [5.41, 5.74) is 4.33. The predicted molar refractivity (Wildman–Crippen MR) is 154 cm³/mol. The van der Waals surface area contributed by atoms with Crippen LogP contribution >= 0.6 is 11.6 Å². The third-order valence-corrected chi connectivity index (χ3v) is 6.20. The minimum atomic E-state index is -5.08. The van der Waals surface area contributed by atoms with Gasteiger partial charge >= 0.3 is 36.4 Å². The Morgan fingerprint density at radius 3 is 1.59 bits per heavy atom. The zero-order chi connectivity index (χ0) is 37.2. The number of benzene rings is 2. The molecule has 1 aliphatic rings. The summed E-state index contributed by atoms with van der Waals surface area (Å²) in [4.78, 5) is 40.5. The van der Waals surface area contributed by atoms with Crippen LogP contribution in [-0.4, -0.2) is 98.1 Å². The number of rotatable bonds is 3. The van der Waals surface area contributed by atoms with E-state index in [-0.39, 0.29) is 0 Å². The summed E-state index contributed by atoms with van der Waals surface area (Å²) in [5, 5.41) is 30.1. The maximum absolute atomic E-state index is 10.6. The van der Waals surface area contributed by atoms with Crippen molar-refractivity contribution in [3.8, 4) is 11.1 Å². The standard InChI is InChI=1S/C21H19ClN6.3C2HF3O2/c22-17-2-4-18(5-3-17)27-7-9-28(10-8-27)21-19-11-15(16-12-25-26-13-16)1-6-20(19)23-14-24-21;3*3-2(4,5)1(6)7/h1-6,11-14H,7-10H2,(H,25,26);3*(H,6,7). The number of alkyl halides is 9. The second kappa shape index (κ2) is 16.7. The quantitative estimate of drug-likeness (QED) is 0.185. The monoisotopic (exact) mass is 732 g/mol. The van der Waals surface area contributed by atoms with Crippen LogP contribution in [0.4, 0.5) is 51.0 Å². The highest BCUT2D eigenvalue weighted by atomic mass is 35.5. The molecule has 0 radical (unpaired) electrons. The average Bonchev–Trinajstić information content (AvgIpc) is 3.56. The number of halogens is 10. The molecule has 4 N–H and O–H groups in total. The van der Waals surface area contributed by atoms with Crippen LogP contribution < -0.4 is 9.80 Å². The Hall–Kier alpha value is -5.34. The van der Waals surface area contributed by atoms with Gasteiger partial charge in [-0.2, -0.15) is 44.6 Å². The van der Waals surface area contributed by atoms with Crippen molar-refractivity contribution in [3.05, 3.63) is 66.2 Å². The molecule has 0 saturated carbocycles. The van der Waals surface area contributed by atoms with E-state index < -0.39 is 36.4 Å². The van der Waals surface area contributed by atoms with E-state index in [0.717, 1.165) is 59.0 Å². The van der Waals surface area contributed by atoms with Crippen LogP contribution in [0.2, 0.25) is 5.02 Å². The zero-order valence-corrected chi connectivity index (χ0v) is 24.9. The number of piperazine rings is 1. The number of hydrogen-bond donors (Lipinski definition) is 4. The van der Waals surface area contributed by atoms with Crippen molar-refractivity contribution in [2.24, 2.45) is 0 Å². The summed E-state index contributed by atoms with van der Waals surface area (Å²) in [6, 6.07) is 14.3. The van der Waals surface area contributed by atoms with Crippen molar-refractivity contribution in [2.75, 3.05) is 36.0 Å². The Morgan fingerprint density at radius 1 is 0.694 bits per heavy atom. The van der Waals surface area contributed by atoms with E-state index in [0.29, 0.717) is 0 Å². The molecule has 266 valence electrons. The summed E-state index contributed by atoms with van der Waals surface area (Å²) < 4.78 is 95.2. The number of aromatic nitrogens is 4. The number of fused-ring (bicyclic) bond motifs is 1. The van der Waals surface area contributed by atoms with Gasteiger partial charge in [0.1, 0.15) is 12.1 Å². The van der Waals surface area contributed by atoms with Gasteiger partial charge < -0.3 is 25.1 Å². The highest BCUT2D eigenvalue weighted by Gasteiger charge is 2.39. The Labute approximate surface area is 273 Å². The van der Waals surface area contributed by atoms with Gasteiger partial charge in [0.2, 0.25) is 0 Å². The number of aliphatic carboxylic acids is 3. The summed E-state index contributed by atoms with van der Waals surface area (Å²) in [7, 11) is 0. The fraction of sp³-hybridized carbons (Fsp3) is 0.259. The molecule has 0 unspecified atom stereocenters. The van der Waals surface area contributed by atoms with Gasteiger partial charge in [-0.05, 0) is 42.0 Å². The second-order valence-electron chi connectivity index (χ2n) is 9.28. The van der Waals surface area contributed by atoms with Crippen molar-refractivity contribution < 1.29 is 69.2 Å². The number of anilines is 2. The number of H-pyrrole nitrogens is 1. The van der Waals surface area contributed by atoms with E-state index in [9.17, 15) is 39.5 Å². The smallest absolute Gasteiger partial charge is 0.475 e. The molecule has 22 heteroatoms. The first-order valence-electron chi connectivity index (χ1n) is 13.0. The number of carbonyl (C=O) groups is 3. The second-order valence-corrected chi connectivity index (χ2v) is 9.71. The largest absolute Gasteiger partial charge is 0.490 e. The molecule has 3 heterocycles. The molecule has 1 fully saturated rings. The third-order valence-electron chi connectivity index (χ3n) is 5.94. The van der Waals surface area contributed by atoms with Crippen molar-refractivity contribution >= 4 is 51.9 Å². The predicted octanol–water partition coefficient (Wildman–Crippen LogP) is 5.90. The fourth-order valence-corrected chi connectivity index (χ4v) is 3.84. The minimum Gasteiger partial charge on any atom is -0.475 e. The van der Waals surface area contributed by atoms with E-state index in [2.05, 4.69) is 54.2 Å². The number of aromatic amines is 1. The summed E-state index contributed by atoms with van der Waals surface area (Å²) in [5.74, 6) is -7.28. The van der Waals surface area contributed by atoms with Crippen molar-refractivity contribution in [1.29, 1.82) is 0 Å². The molecule has 5 rings (SSSR count). The van der Waals surface area contributed by atoms with Gasteiger partial charge in [-0.15, -0.1) is 0 Å². The van der Waals surface area contributed by atoms with Gasteiger partial charge in [0.15, 0.2) is 0 Å². The number of carboxylic acids is 3. The Bertz CT molecular complexity index is 1640. The van der Waals surface area contributed by atoms with Gasteiger partial charge in [0, 0.05) is 54.0 Å². The van der Waals surface area contributed by atoms with Gasteiger partial charge in [0.25, 0.3) is 0 Å². The van der Waals surface area contributed by atoms with Crippen molar-refractivity contribution in [1.82, 2.24) is 20.2 Å². The van der Waals surface area contributed by atoms with Crippen LogP contribution in [0.1, 0.15) is 0 Å².